The molecule has 7 nitrogen and oxygen atoms in total. The minimum Gasteiger partial charge on any atom is -0.354 e. The summed E-state index contributed by atoms with van der Waals surface area (Å²) in [5.74, 6) is 0.687. The molecule has 0 aliphatic rings. The van der Waals surface area contributed by atoms with Crippen molar-refractivity contribution < 1.29 is 4.79 Å². The van der Waals surface area contributed by atoms with Crippen LogP contribution in [0.2, 0.25) is 0 Å². The Morgan fingerprint density at radius 1 is 0.944 bits per heavy atom. The zero-order chi connectivity index (χ0) is 24.7. The van der Waals surface area contributed by atoms with Crippen molar-refractivity contribution in [3.05, 3.63) is 91.0 Å². The first-order valence-corrected chi connectivity index (χ1v) is 12.5. The van der Waals surface area contributed by atoms with E-state index in [1.807, 2.05) is 102 Å². The number of thioether (sulfide) groups is 1. The number of nitrogens with zero attached hydrogens (tertiary/aromatic N) is 5. The van der Waals surface area contributed by atoms with Gasteiger partial charge in [0.05, 0.1) is 29.5 Å². The summed E-state index contributed by atoms with van der Waals surface area (Å²) in [5.41, 5.74) is 4.52. The molecule has 0 atom stereocenters. The summed E-state index contributed by atoms with van der Waals surface area (Å²) in [6, 6.07) is 32.0. The van der Waals surface area contributed by atoms with E-state index in [0.29, 0.717) is 17.5 Å². The van der Waals surface area contributed by atoms with E-state index in [1.165, 1.54) is 11.8 Å². The van der Waals surface area contributed by atoms with Crippen molar-refractivity contribution in [3.8, 4) is 34.4 Å². The molecular formula is C28H22N6OS. The van der Waals surface area contributed by atoms with E-state index in [0.717, 1.165) is 33.4 Å². The van der Waals surface area contributed by atoms with Gasteiger partial charge in [-0.3, -0.25) is 9.36 Å². The predicted molar refractivity (Wildman–Crippen MR) is 141 cm³/mol. The lowest BCUT2D eigenvalue weighted by atomic mass is 10.0. The number of pyridine rings is 1. The molecule has 3 aromatic carbocycles. The third kappa shape index (κ3) is 4.97. The van der Waals surface area contributed by atoms with Gasteiger partial charge in [0.1, 0.15) is 0 Å². The third-order valence-electron chi connectivity index (χ3n) is 5.57. The Labute approximate surface area is 212 Å². The summed E-state index contributed by atoms with van der Waals surface area (Å²) >= 11 is 1.31. The van der Waals surface area contributed by atoms with Gasteiger partial charge in [-0.25, -0.2) is 4.98 Å². The largest absolute Gasteiger partial charge is 0.354 e. The lowest BCUT2D eigenvalue weighted by Crippen LogP contribution is -2.26. The molecule has 0 unspecified atom stereocenters. The van der Waals surface area contributed by atoms with Crippen LogP contribution in [0.15, 0.2) is 96.2 Å². The van der Waals surface area contributed by atoms with Crippen LogP contribution in [-0.2, 0) is 4.79 Å². The predicted octanol–water partition coefficient (Wildman–Crippen LogP) is 5.27. The van der Waals surface area contributed by atoms with Gasteiger partial charge in [-0.05, 0) is 24.3 Å². The van der Waals surface area contributed by atoms with Crippen LogP contribution in [0.1, 0.15) is 6.42 Å². The Balaban J connectivity index is 1.61. The molecule has 0 aliphatic carbocycles. The van der Waals surface area contributed by atoms with Crippen LogP contribution in [0.25, 0.3) is 39.2 Å². The number of carbonyl (C=O) groups excluding carboxylic acids is 1. The van der Waals surface area contributed by atoms with Crippen molar-refractivity contribution in [1.29, 1.82) is 5.26 Å². The average molecular weight is 491 g/mol. The molecule has 0 aliphatic heterocycles. The van der Waals surface area contributed by atoms with Crippen LogP contribution in [0.5, 0.6) is 0 Å². The molecule has 5 aromatic rings. The fourth-order valence-corrected chi connectivity index (χ4v) is 4.69. The number of nitriles is 1. The van der Waals surface area contributed by atoms with Crippen molar-refractivity contribution in [3.63, 3.8) is 0 Å². The molecule has 0 radical (unpaired) electrons. The maximum Gasteiger partial charge on any atom is 0.230 e. The highest BCUT2D eigenvalue weighted by Crippen LogP contribution is 2.34. The molecule has 2 heterocycles. The normalized spacial score (nSPS) is 10.8. The highest BCUT2D eigenvalue weighted by atomic mass is 32.2. The van der Waals surface area contributed by atoms with Crippen molar-refractivity contribution in [2.75, 3.05) is 12.3 Å². The number of amides is 1. The second kappa shape index (κ2) is 10.8. The van der Waals surface area contributed by atoms with Gasteiger partial charge in [0, 0.05) is 28.7 Å². The van der Waals surface area contributed by atoms with Crippen LogP contribution in [0.3, 0.4) is 0 Å². The maximum atomic E-state index is 12.3. The van der Waals surface area contributed by atoms with E-state index in [1.54, 1.807) is 0 Å². The zero-order valence-corrected chi connectivity index (χ0v) is 20.2. The highest BCUT2D eigenvalue weighted by molar-refractivity contribution is 7.99. The first-order valence-electron chi connectivity index (χ1n) is 11.5. The first-order chi connectivity index (χ1) is 17.7. The molecule has 0 fully saturated rings. The van der Waals surface area contributed by atoms with Gasteiger partial charge < -0.3 is 5.32 Å². The quantitative estimate of drug-likeness (QED) is 0.235. The third-order valence-corrected chi connectivity index (χ3v) is 6.49. The fraction of sp³-hybridized carbons (Fsp3) is 0.107. The average Bonchev–Trinajstić information content (AvgIpc) is 3.36. The first kappa shape index (κ1) is 23.3. The van der Waals surface area contributed by atoms with Gasteiger partial charge in [-0.1, -0.05) is 78.5 Å². The molecule has 1 amide bonds. The summed E-state index contributed by atoms with van der Waals surface area (Å²) in [6.07, 6.45) is 0.277. The lowest BCUT2D eigenvalue weighted by Gasteiger charge is -2.13. The number of hydrogen-bond acceptors (Lipinski definition) is 6. The Bertz CT molecular complexity index is 1540. The van der Waals surface area contributed by atoms with Gasteiger partial charge in [0.25, 0.3) is 0 Å². The van der Waals surface area contributed by atoms with Gasteiger partial charge in [-0.15, -0.1) is 10.2 Å². The second-order valence-electron chi connectivity index (χ2n) is 7.96. The van der Waals surface area contributed by atoms with Crippen LogP contribution < -0.4 is 5.32 Å². The monoisotopic (exact) mass is 490 g/mol. The second-order valence-corrected chi connectivity index (χ2v) is 8.90. The van der Waals surface area contributed by atoms with E-state index in [-0.39, 0.29) is 18.1 Å². The van der Waals surface area contributed by atoms with E-state index in [9.17, 15) is 4.79 Å². The highest BCUT2D eigenvalue weighted by Gasteiger charge is 2.20. The minimum absolute atomic E-state index is 0.153. The van der Waals surface area contributed by atoms with Crippen molar-refractivity contribution in [2.45, 2.75) is 11.6 Å². The number of rotatable bonds is 8. The fourth-order valence-electron chi connectivity index (χ4n) is 3.90. The molecule has 2 aromatic heterocycles. The van der Waals surface area contributed by atoms with Gasteiger partial charge in [0.2, 0.25) is 5.91 Å². The van der Waals surface area contributed by atoms with Crippen LogP contribution in [-0.4, -0.2) is 38.0 Å². The molecule has 176 valence electrons. The van der Waals surface area contributed by atoms with Gasteiger partial charge >= 0.3 is 0 Å². The Morgan fingerprint density at radius 2 is 1.67 bits per heavy atom. The zero-order valence-electron chi connectivity index (χ0n) is 19.3. The van der Waals surface area contributed by atoms with Crippen molar-refractivity contribution in [1.82, 2.24) is 25.1 Å². The Kier molecular flexibility index (Phi) is 7.01. The topological polar surface area (TPSA) is 96.5 Å². The smallest absolute Gasteiger partial charge is 0.230 e. The number of hydrogen-bond donors (Lipinski definition) is 1. The molecule has 0 saturated carbocycles. The van der Waals surface area contributed by atoms with Gasteiger partial charge in [-0.2, -0.15) is 5.26 Å². The van der Waals surface area contributed by atoms with Crippen molar-refractivity contribution >= 4 is 28.6 Å². The van der Waals surface area contributed by atoms with Crippen molar-refractivity contribution in [2.24, 2.45) is 0 Å². The molecule has 36 heavy (non-hydrogen) atoms. The number of fused-ring (bicyclic) bond motifs is 1. The molecule has 0 bridgehead atoms. The Morgan fingerprint density at radius 3 is 2.44 bits per heavy atom. The molecular weight excluding hydrogens is 468 g/mol. The van der Waals surface area contributed by atoms with Crippen LogP contribution >= 0.6 is 11.8 Å². The molecule has 1 N–H and O–H groups in total. The number of nitrogens with one attached hydrogen (secondary N) is 1. The maximum absolute atomic E-state index is 12.3. The Hall–Kier alpha value is -4.48. The summed E-state index contributed by atoms with van der Waals surface area (Å²) in [7, 11) is 0. The van der Waals surface area contributed by atoms with E-state index < -0.39 is 0 Å². The molecule has 0 spiro atoms. The number of benzene rings is 3. The van der Waals surface area contributed by atoms with E-state index in [4.69, 9.17) is 10.2 Å². The summed E-state index contributed by atoms with van der Waals surface area (Å²) in [6.45, 7) is 0.331. The minimum atomic E-state index is -0.153. The molecule has 5 rings (SSSR count). The SMILES string of the molecule is N#CCCNC(=O)CSc1nnc(-c2cc(-c3ccccc3)nc3ccccc23)n1-c1ccccc1. The summed E-state index contributed by atoms with van der Waals surface area (Å²) in [4.78, 5) is 17.2. The lowest BCUT2D eigenvalue weighted by molar-refractivity contribution is -0.118. The summed E-state index contributed by atoms with van der Waals surface area (Å²) in [5, 5.41) is 22.1. The summed E-state index contributed by atoms with van der Waals surface area (Å²) < 4.78 is 1.98. The van der Waals surface area contributed by atoms with Crippen LogP contribution in [0, 0.1) is 11.3 Å². The van der Waals surface area contributed by atoms with E-state index in [2.05, 4.69) is 15.5 Å². The standard InChI is InChI=1S/C28H22N6OS/c29-16-9-17-30-26(35)19-36-28-33-32-27(34(28)21-12-5-2-6-13-21)23-18-25(20-10-3-1-4-11-20)31-24-15-8-7-14-22(23)24/h1-8,10-15,18H,9,17,19H2,(H,30,35). The molecule has 8 heteroatoms. The van der Waals surface area contributed by atoms with Gasteiger partial charge in [0.15, 0.2) is 11.0 Å². The number of carbonyl (C=O) groups is 1. The van der Waals surface area contributed by atoms with Crippen LogP contribution in [0.4, 0.5) is 0 Å². The number of aromatic nitrogens is 4. The van der Waals surface area contributed by atoms with E-state index >= 15 is 0 Å². The molecule has 0 saturated heterocycles. The number of para-hydroxylation sites is 2.